The largest absolute Gasteiger partial charge is 0.324 e. The molecule has 0 unspecified atom stereocenters. The Hall–Kier alpha value is -0.670. The standard InChI is InChI=1S/C9H11F2N.ClH/c1-5-3-4-7(10)8(6(2)12)9(5)11;/h3-4,6H,12H2,1-2H3;1H/t6-;/m1./s1. The lowest BCUT2D eigenvalue weighted by atomic mass is 10.0. The van der Waals surface area contributed by atoms with Crippen LogP contribution in [0.5, 0.6) is 0 Å². The highest BCUT2D eigenvalue weighted by atomic mass is 35.5. The Balaban J connectivity index is 0.00000144. The first-order valence-electron chi connectivity index (χ1n) is 3.74. The molecule has 0 saturated heterocycles. The Labute approximate surface area is 82.4 Å². The van der Waals surface area contributed by atoms with E-state index in [1.807, 2.05) is 0 Å². The van der Waals surface area contributed by atoms with Gasteiger partial charge in [0.25, 0.3) is 0 Å². The molecule has 1 atom stereocenters. The van der Waals surface area contributed by atoms with Gasteiger partial charge in [-0.3, -0.25) is 0 Å². The lowest BCUT2D eigenvalue weighted by Crippen LogP contribution is -2.10. The van der Waals surface area contributed by atoms with E-state index in [1.54, 1.807) is 13.8 Å². The third kappa shape index (κ3) is 2.39. The van der Waals surface area contributed by atoms with Crippen LogP contribution in [0.25, 0.3) is 0 Å². The molecule has 0 fully saturated rings. The van der Waals surface area contributed by atoms with Crippen molar-refractivity contribution in [3.8, 4) is 0 Å². The van der Waals surface area contributed by atoms with Gasteiger partial charge in [-0.1, -0.05) is 6.07 Å². The van der Waals surface area contributed by atoms with E-state index >= 15 is 0 Å². The maximum atomic E-state index is 13.2. The Bertz CT molecular complexity index is 300. The first-order chi connectivity index (χ1) is 5.54. The zero-order chi connectivity index (χ0) is 9.30. The Kier molecular flexibility index (Phi) is 4.30. The van der Waals surface area contributed by atoms with Crippen LogP contribution < -0.4 is 5.73 Å². The summed E-state index contributed by atoms with van der Waals surface area (Å²) in [7, 11) is 0. The van der Waals surface area contributed by atoms with Gasteiger partial charge in [0.1, 0.15) is 11.6 Å². The molecular formula is C9H12ClF2N. The molecule has 0 heterocycles. The fourth-order valence-corrected chi connectivity index (χ4v) is 1.10. The fraction of sp³-hybridized carbons (Fsp3) is 0.333. The van der Waals surface area contributed by atoms with Gasteiger partial charge in [-0.2, -0.15) is 0 Å². The summed E-state index contributed by atoms with van der Waals surface area (Å²) < 4.78 is 26.2. The molecule has 1 aromatic rings. The summed E-state index contributed by atoms with van der Waals surface area (Å²) in [5.41, 5.74) is 5.79. The molecule has 0 aliphatic heterocycles. The van der Waals surface area contributed by atoms with Crippen LogP contribution >= 0.6 is 12.4 Å². The van der Waals surface area contributed by atoms with E-state index < -0.39 is 17.7 Å². The van der Waals surface area contributed by atoms with Gasteiger partial charge in [0.15, 0.2) is 0 Å². The molecule has 0 aliphatic carbocycles. The molecule has 0 aromatic heterocycles. The molecule has 74 valence electrons. The fourth-order valence-electron chi connectivity index (χ4n) is 1.10. The van der Waals surface area contributed by atoms with Crippen molar-refractivity contribution < 1.29 is 8.78 Å². The molecular weight excluding hydrogens is 196 g/mol. The minimum atomic E-state index is -0.607. The molecule has 0 spiro atoms. The summed E-state index contributed by atoms with van der Waals surface area (Å²) in [5.74, 6) is -1.11. The first kappa shape index (κ1) is 12.3. The monoisotopic (exact) mass is 207 g/mol. The van der Waals surface area contributed by atoms with Gasteiger partial charge >= 0.3 is 0 Å². The molecule has 0 radical (unpaired) electrons. The second-order valence-corrected chi connectivity index (χ2v) is 2.88. The average molecular weight is 208 g/mol. The van der Waals surface area contributed by atoms with E-state index in [4.69, 9.17) is 5.73 Å². The van der Waals surface area contributed by atoms with Crippen molar-refractivity contribution in [1.82, 2.24) is 0 Å². The van der Waals surface area contributed by atoms with Crippen LogP contribution in [0.2, 0.25) is 0 Å². The Morgan fingerprint density at radius 2 is 1.85 bits per heavy atom. The van der Waals surface area contributed by atoms with Crippen molar-refractivity contribution >= 4 is 12.4 Å². The van der Waals surface area contributed by atoms with Crippen molar-refractivity contribution in [3.05, 3.63) is 34.9 Å². The minimum absolute atomic E-state index is 0. The van der Waals surface area contributed by atoms with Crippen molar-refractivity contribution in [1.29, 1.82) is 0 Å². The van der Waals surface area contributed by atoms with Crippen LogP contribution in [0.15, 0.2) is 12.1 Å². The van der Waals surface area contributed by atoms with Gasteiger partial charge in [-0.05, 0) is 25.5 Å². The summed E-state index contributed by atoms with van der Waals surface area (Å²) in [6.07, 6.45) is 0. The molecule has 1 rings (SSSR count). The summed E-state index contributed by atoms with van der Waals surface area (Å²) in [6.45, 7) is 3.14. The third-order valence-corrected chi connectivity index (χ3v) is 1.77. The van der Waals surface area contributed by atoms with Gasteiger partial charge in [0.2, 0.25) is 0 Å². The summed E-state index contributed by atoms with van der Waals surface area (Å²) >= 11 is 0. The minimum Gasteiger partial charge on any atom is -0.324 e. The number of hydrogen-bond donors (Lipinski definition) is 1. The van der Waals surface area contributed by atoms with Crippen LogP contribution in [-0.4, -0.2) is 0 Å². The number of hydrogen-bond acceptors (Lipinski definition) is 1. The first-order valence-corrected chi connectivity index (χ1v) is 3.74. The molecule has 0 aliphatic rings. The summed E-state index contributed by atoms with van der Waals surface area (Å²) in [5, 5.41) is 0. The topological polar surface area (TPSA) is 26.0 Å². The van der Waals surface area contributed by atoms with E-state index in [0.717, 1.165) is 0 Å². The number of benzene rings is 1. The smallest absolute Gasteiger partial charge is 0.133 e. The zero-order valence-corrected chi connectivity index (χ0v) is 8.29. The number of aryl methyl sites for hydroxylation is 1. The average Bonchev–Trinajstić information content (AvgIpc) is 1.97. The summed E-state index contributed by atoms with van der Waals surface area (Å²) in [6, 6.07) is 2.03. The molecule has 0 saturated carbocycles. The zero-order valence-electron chi connectivity index (χ0n) is 7.47. The molecule has 1 aromatic carbocycles. The highest BCUT2D eigenvalue weighted by Crippen LogP contribution is 2.20. The van der Waals surface area contributed by atoms with Crippen molar-refractivity contribution in [2.24, 2.45) is 5.73 Å². The maximum Gasteiger partial charge on any atom is 0.133 e. The molecule has 0 amide bonds. The predicted octanol–water partition coefficient (Wildman–Crippen LogP) is 2.71. The van der Waals surface area contributed by atoms with Crippen molar-refractivity contribution in [2.75, 3.05) is 0 Å². The maximum absolute atomic E-state index is 13.2. The van der Waals surface area contributed by atoms with Gasteiger partial charge < -0.3 is 5.73 Å². The molecule has 2 N–H and O–H groups in total. The van der Waals surface area contributed by atoms with Crippen LogP contribution in [0, 0.1) is 18.6 Å². The van der Waals surface area contributed by atoms with E-state index in [1.165, 1.54) is 12.1 Å². The van der Waals surface area contributed by atoms with Crippen LogP contribution in [0.3, 0.4) is 0 Å². The summed E-state index contributed by atoms with van der Waals surface area (Å²) in [4.78, 5) is 0. The Morgan fingerprint density at radius 3 is 2.23 bits per heavy atom. The quantitative estimate of drug-likeness (QED) is 0.753. The van der Waals surface area contributed by atoms with E-state index in [9.17, 15) is 8.78 Å². The molecule has 1 nitrogen and oxygen atoms in total. The molecule has 4 heteroatoms. The Morgan fingerprint density at radius 1 is 1.31 bits per heavy atom. The number of rotatable bonds is 1. The number of halogens is 3. The molecule has 13 heavy (non-hydrogen) atoms. The van der Waals surface area contributed by atoms with Gasteiger partial charge in [-0.15, -0.1) is 12.4 Å². The van der Waals surface area contributed by atoms with Gasteiger partial charge in [0.05, 0.1) is 0 Å². The lowest BCUT2D eigenvalue weighted by molar-refractivity contribution is 0.532. The van der Waals surface area contributed by atoms with Gasteiger partial charge in [-0.25, -0.2) is 8.78 Å². The van der Waals surface area contributed by atoms with Crippen LogP contribution in [0.1, 0.15) is 24.1 Å². The highest BCUT2D eigenvalue weighted by Gasteiger charge is 2.14. The van der Waals surface area contributed by atoms with Crippen molar-refractivity contribution in [2.45, 2.75) is 19.9 Å². The van der Waals surface area contributed by atoms with Crippen LogP contribution in [-0.2, 0) is 0 Å². The third-order valence-electron chi connectivity index (χ3n) is 1.77. The lowest BCUT2D eigenvalue weighted by Gasteiger charge is -2.09. The van der Waals surface area contributed by atoms with Crippen LogP contribution in [0.4, 0.5) is 8.78 Å². The van der Waals surface area contributed by atoms with E-state index in [0.29, 0.717) is 5.56 Å². The number of nitrogens with two attached hydrogens (primary N) is 1. The normalized spacial score (nSPS) is 12.1. The highest BCUT2D eigenvalue weighted by molar-refractivity contribution is 5.85. The second kappa shape index (κ2) is 4.53. The SMILES string of the molecule is Cc1ccc(F)c([C@@H](C)N)c1F.Cl. The van der Waals surface area contributed by atoms with Crippen molar-refractivity contribution in [3.63, 3.8) is 0 Å². The van der Waals surface area contributed by atoms with E-state index in [2.05, 4.69) is 0 Å². The molecule has 0 bridgehead atoms. The predicted molar refractivity (Wildman–Crippen MR) is 50.9 cm³/mol. The second-order valence-electron chi connectivity index (χ2n) is 2.88. The van der Waals surface area contributed by atoms with E-state index in [-0.39, 0.29) is 18.0 Å². The van der Waals surface area contributed by atoms with Gasteiger partial charge in [0, 0.05) is 11.6 Å².